The minimum Gasteiger partial charge on any atom is -0.167 e. The van der Waals surface area contributed by atoms with Crippen molar-refractivity contribution in [2.75, 3.05) is 0 Å². The number of alkyl halides is 3. The molecule has 0 spiro atoms. The summed E-state index contributed by atoms with van der Waals surface area (Å²) in [7, 11) is 0. The maximum absolute atomic E-state index is 11.2. The highest BCUT2D eigenvalue weighted by molar-refractivity contribution is 9.11. The van der Waals surface area contributed by atoms with E-state index < -0.39 is 6.18 Å². The molecule has 0 aliphatic rings. The average Bonchev–Trinajstić information content (AvgIpc) is 1.21. The van der Waals surface area contributed by atoms with Gasteiger partial charge in [0, 0.05) is 6.08 Å². The number of rotatable bonds is 0. The van der Waals surface area contributed by atoms with Gasteiger partial charge < -0.3 is 0 Å². The average molecular weight is 189 g/mol. The lowest BCUT2D eigenvalue weighted by Gasteiger charge is -1.96. The van der Waals surface area contributed by atoms with Crippen LogP contribution < -0.4 is 0 Å². The molecule has 0 N–H and O–H groups in total. The van der Waals surface area contributed by atoms with Gasteiger partial charge in [-0.3, -0.25) is 0 Å². The van der Waals surface area contributed by atoms with Gasteiger partial charge in [-0.05, 0) is 11.4 Å². The van der Waals surface area contributed by atoms with Crippen molar-refractivity contribution < 1.29 is 13.2 Å². The second-order valence-corrected chi connectivity index (χ2v) is 2.52. The van der Waals surface area contributed by atoms with Crippen LogP contribution >= 0.6 is 15.9 Å². The Morgan fingerprint density at radius 2 is 1.88 bits per heavy atom. The summed E-state index contributed by atoms with van der Waals surface area (Å²) in [5.41, 5.74) is 0. The van der Waals surface area contributed by atoms with E-state index in [1.807, 2.05) is 0 Å². The smallest absolute Gasteiger partial charge is 0.167 e. The summed E-state index contributed by atoms with van der Waals surface area (Å²) in [6, 6.07) is 0. The Bertz CT molecular complexity index is 98.3. The maximum Gasteiger partial charge on any atom is 0.410 e. The van der Waals surface area contributed by atoms with Crippen LogP contribution in [0.25, 0.3) is 0 Å². The van der Waals surface area contributed by atoms with E-state index in [4.69, 9.17) is 0 Å². The van der Waals surface area contributed by atoms with Crippen LogP contribution in [0.15, 0.2) is 10.6 Å². The van der Waals surface area contributed by atoms with Crippen molar-refractivity contribution in [3.63, 3.8) is 0 Å². The first kappa shape index (κ1) is 8.01. The van der Waals surface area contributed by atoms with E-state index in [2.05, 4.69) is 15.9 Å². The van der Waals surface area contributed by atoms with Crippen molar-refractivity contribution in [2.24, 2.45) is 0 Å². The van der Waals surface area contributed by atoms with Gasteiger partial charge in [-0.25, -0.2) is 0 Å². The molecule has 0 saturated carbocycles. The van der Waals surface area contributed by atoms with Crippen LogP contribution in [0.2, 0.25) is 0 Å². The highest BCUT2D eigenvalue weighted by Gasteiger charge is 2.22. The Morgan fingerprint density at radius 1 is 1.50 bits per heavy atom. The first-order valence-electron chi connectivity index (χ1n) is 1.83. The van der Waals surface area contributed by atoms with E-state index in [9.17, 15) is 13.2 Å². The molecule has 0 aromatic carbocycles. The number of hydrogen-bond donors (Lipinski definition) is 0. The minimum atomic E-state index is -4.19. The monoisotopic (exact) mass is 188 g/mol. The molecule has 0 bridgehead atoms. The summed E-state index contributed by atoms with van der Waals surface area (Å²) < 4.78 is 33.7. The molecule has 0 saturated heterocycles. The Labute approximate surface area is 53.5 Å². The molecule has 4 heteroatoms. The van der Waals surface area contributed by atoms with Crippen molar-refractivity contribution in [3.05, 3.63) is 10.6 Å². The second-order valence-electron chi connectivity index (χ2n) is 1.27. The summed E-state index contributed by atoms with van der Waals surface area (Å²) in [5, 5.41) is 0. The Morgan fingerprint density at radius 3 is 1.88 bits per heavy atom. The molecule has 0 fully saturated rings. The zero-order valence-corrected chi connectivity index (χ0v) is 5.68. The highest BCUT2D eigenvalue weighted by atomic mass is 79.9. The van der Waals surface area contributed by atoms with Gasteiger partial charge in [0.15, 0.2) is 0 Å². The molecule has 48 valence electrons. The van der Waals surface area contributed by atoms with Gasteiger partial charge in [-0.15, -0.1) is 0 Å². The standard InChI is InChI=1S/C4H4BrF3/c1-3(5)2-4(6,7)8/h2H,1H3/b3-2-. The lowest BCUT2D eigenvalue weighted by molar-refractivity contribution is -0.0800. The first-order valence-corrected chi connectivity index (χ1v) is 2.63. The zero-order valence-electron chi connectivity index (χ0n) is 4.09. The van der Waals surface area contributed by atoms with Crippen molar-refractivity contribution in [3.8, 4) is 0 Å². The first-order chi connectivity index (χ1) is 3.42. The molecule has 0 amide bonds. The molecular weight excluding hydrogens is 185 g/mol. The molecule has 0 rings (SSSR count). The van der Waals surface area contributed by atoms with E-state index in [-0.39, 0.29) is 10.6 Å². The Kier molecular flexibility index (Phi) is 2.53. The second kappa shape index (κ2) is 2.53. The summed E-state index contributed by atoms with van der Waals surface area (Å²) in [6.07, 6.45) is -4.00. The minimum absolute atomic E-state index is 0.0880. The van der Waals surface area contributed by atoms with E-state index in [0.717, 1.165) is 0 Å². The Hall–Kier alpha value is 0.01000. The number of hydrogen-bond acceptors (Lipinski definition) is 0. The molecule has 0 aromatic heterocycles. The molecular formula is C4H4BrF3. The fourth-order valence-electron chi connectivity index (χ4n) is 0.226. The third-order valence-corrected chi connectivity index (χ3v) is 0.591. The quantitative estimate of drug-likeness (QED) is 0.549. The number of allylic oxidation sites excluding steroid dienone is 2. The molecule has 0 heterocycles. The normalized spacial score (nSPS) is 14.4. The summed E-state index contributed by atoms with van der Waals surface area (Å²) >= 11 is 2.65. The van der Waals surface area contributed by atoms with Gasteiger partial charge in [-0.2, -0.15) is 13.2 Å². The predicted octanol–water partition coefficient (Wildman–Crippen LogP) is 2.85. The molecule has 0 aromatic rings. The molecule has 0 unspecified atom stereocenters. The summed E-state index contributed by atoms with van der Waals surface area (Å²) in [5.74, 6) is 0. The van der Waals surface area contributed by atoms with Gasteiger partial charge >= 0.3 is 6.18 Å². The molecule has 0 atom stereocenters. The van der Waals surface area contributed by atoms with E-state index in [1.54, 1.807) is 0 Å². The third-order valence-electron chi connectivity index (χ3n) is 0.363. The molecule has 8 heavy (non-hydrogen) atoms. The van der Waals surface area contributed by atoms with Crippen LogP contribution in [0.4, 0.5) is 13.2 Å². The summed E-state index contributed by atoms with van der Waals surface area (Å²) in [4.78, 5) is 0. The fourth-order valence-corrected chi connectivity index (χ4v) is 0.485. The van der Waals surface area contributed by atoms with Crippen molar-refractivity contribution in [2.45, 2.75) is 13.1 Å². The van der Waals surface area contributed by atoms with Crippen LogP contribution in [-0.4, -0.2) is 6.18 Å². The maximum atomic E-state index is 11.2. The van der Waals surface area contributed by atoms with Crippen molar-refractivity contribution in [1.29, 1.82) is 0 Å². The Balaban J connectivity index is 3.89. The number of halogens is 4. The predicted molar refractivity (Wildman–Crippen MR) is 28.7 cm³/mol. The SMILES string of the molecule is C/C(Br)=C/C(F)(F)F. The van der Waals surface area contributed by atoms with Crippen LogP contribution in [0, 0.1) is 0 Å². The molecule has 0 aliphatic carbocycles. The summed E-state index contributed by atoms with van der Waals surface area (Å²) in [6.45, 7) is 1.33. The van der Waals surface area contributed by atoms with Gasteiger partial charge in [-0.1, -0.05) is 15.9 Å². The van der Waals surface area contributed by atoms with Crippen molar-refractivity contribution >= 4 is 15.9 Å². The highest BCUT2D eigenvalue weighted by Crippen LogP contribution is 2.20. The fraction of sp³-hybridized carbons (Fsp3) is 0.500. The van der Waals surface area contributed by atoms with Crippen LogP contribution in [0.1, 0.15) is 6.92 Å². The van der Waals surface area contributed by atoms with E-state index >= 15 is 0 Å². The lowest BCUT2D eigenvalue weighted by atomic mass is 10.5. The van der Waals surface area contributed by atoms with Crippen LogP contribution in [0.3, 0.4) is 0 Å². The van der Waals surface area contributed by atoms with Gasteiger partial charge in [0.1, 0.15) is 0 Å². The molecule has 0 nitrogen and oxygen atoms in total. The topological polar surface area (TPSA) is 0 Å². The van der Waals surface area contributed by atoms with Crippen LogP contribution in [0.5, 0.6) is 0 Å². The third kappa shape index (κ3) is 6.01. The van der Waals surface area contributed by atoms with E-state index in [1.165, 1.54) is 6.92 Å². The van der Waals surface area contributed by atoms with Gasteiger partial charge in [0.05, 0.1) is 0 Å². The zero-order chi connectivity index (χ0) is 6.78. The van der Waals surface area contributed by atoms with E-state index in [0.29, 0.717) is 0 Å². The molecule has 0 radical (unpaired) electrons. The van der Waals surface area contributed by atoms with Gasteiger partial charge in [0.2, 0.25) is 0 Å². The molecule has 0 aliphatic heterocycles. The van der Waals surface area contributed by atoms with Gasteiger partial charge in [0.25, 0.3) is 0 Å². The van der Waals surface area contributed by atoms with Crippen LogP contribution in [-0.2, 0) is 0 Å². The van der Waals surface area contributed by atoms with Crippen molar-refractivity contribution in [1.82, 2.24) is 0 Å². The largest absolute Gasteiger partial charge is 0.410 e. The lowest BCUT2D eigenvalue weighted by Crippen LogP contribution is -2.00.